The molecular weight excluding hydrogens is 190 g/mol. The van der Waals surface area contributed by atoms with Crippen LogP contribution in [-0.4, -0.2) is 12.2 Å². The molecule has 0 saturated carbocycles. The SMILES string of the molecule is O=Cc1ccc2c3c(cccc13)C(=O)N2. The Hall–Kier alpha value is -2.16. The van der Waals surface area contributed by atoms with Gasteiger partial charge >= 0.3 is 0 Å². The van der Waals surface area contributed by atoms with E-state index in [-0.39, 0.29) is 5.91 Å². The van der Waals surface area contributed by atoms with E-state index in [1.54, 1.807) is 24.3 Å². The molecule has 3 nitrogen and oxygen atoms in total. The summed E-state index contributed by atoms with van der Waals surface area (Å²) in [5.74, 6) is -0.0985. The van der Waals surface area contributed by atoms with Crippen LogP contribution < -0.4 is 5.32 Å². The number of hydrogen-bond acceptors (Lipinski definition) is 2. The van der Waals surface area contributed by atoms with Gasteiger partial charge < -0.3 is 5.32 Å². The lowest BCUT2D eigenvalue weighted by atomic mass is 10.0. The molecule has 1 N–H and O–H groups in total. The van der Waals surface area contributed by atoms with E-state index in [4.69, 9.17) is 0 Å². The van der Waals surface area contributed by atoms with Crippen molar-refractivity contribution in [3.63, 3.8) is 0 Å². The van der Waals surface area contributed by atoms with Gasteiger partial charge in [0.15, 0.2) is 6.29 Å². The van der Waals surface area contributed by atoms with Gasteiger partial charge in [0.05, 0.1) is 0 Å². The average Bonchev–Trinajstić information content (AvgIpc) is 2.59. The van der Waals surface area contributed by atoms with Gasteiger partial charge in [0.25, 0.3) is 5.91 Å². The summed E-state index contributed by atoms with van der Waals surface area (Å²) in [6, 6.07) is 8.90. The zero-order chi connectivity index (χ0) is 10.4. The van der Waals surface area contributed by atoms with E-state index in [2.05, 4.69) is 5.32 Å². The van der Waals surface area contributed by atoms with Crippen molar-refractivity contribution in [3.05, 3.63) is 41.5 Å². The Morgan fingerprint density at radius 2 is 2.00 bits per heavy atom. The highest BCUT2D eigenvalue weighted by molar-refractivity contribution is 6.25. The Morgan fingerprint density at radius 3 is 2.80 bits per heavy atom. The number of nitrogens with one attached hydrogen (secondary N) is 1. The van der Waals surface area contributed by atoms with Crippen molar-refractivity contribution in [2.75, 3.05) is 5.32 Å². The van der Waals surface area contributed by atoms with Crippen molar-refractivity contribution in [2.24, 2.45) is 0 Å². The second kappa shape index (κ2) is 2.67. The number of carbonyl (C=O) groups is 2. The fourth-order valence-electron chi connectivity index (χ4n) is 2.02. The molecular formula is C12H7NO2. The highest BCUT2D eigenvalue weighted by Gasteiger charge is 2.21. The van der Waals surface area contributed by atoms with Crippen LogP contribution in [0.4, 0.5) is 5.69 Å². The molecule has 1 amide bonds. The maximum absolute atomic E-state index is 11.5. The van der Waals surface area contributed by atoms with Crippen molar-refractivity contribution in [3.8, 4) is 0 Å². The molecule has 0 saturated heterocycles. The molecule has 1 heterocycles. The average molecular weight is 197 g/mol. The van der Waals surface area contributed by atoms with Crippen LogP contribution in [-0.2, 0) is 0 Å². The molecule has 0 aliphatic carbocycles. The third-order valence-electron chi connectivity index (χ3n) is 2.69. The first-order valence-corrected chi connectivity index (χ1v) is 4.63. The van der Waals surface area contributed by atoms with Gasteiger partial charge in [0, 0.05) is 22.2 Å². The van der Waals surface area contributed by atoms with Gasteiger partial charge in [-0.15, -0.1) is 0 Å². The molecule has 0 unspecified atom stereocenters. The standard InChI is InChI=1S/C12H7NO2/c14-6-7-4-5-10-11-8(7)2-1-3-9(11)12(15)13-10/h1-6H,(H,13,15). The van der Waals surface area contributed by atoms with Crippen molar-refractivity contribution in [2.45, 2.75) is 0 Å². The van der Waals surface area contributed by atoms with Crippen molar-refractivity contribution < 1.29 is 9.59 Å². The Balaban J connectivity index is 2.55. The number of rotatable bonds is 1. The monoisotopic (exact) mass is 197 g/mol. The number of carbonyl (C=O) groups excluding carboxylic acids is 2. The topological polar surface area (TPSA) is 46.2 Å². The fourth-order valence-corrected chi connectivity index (χ4v) is 2.02. The number of hydrogen-bond donors (Lipinski definition) is 1. The third-order valence-corrected chi connectivity index (χ3v) is 2.69. The highest BCUT2D eigenvalue weighted by Crippen LogP contribution is 2.34. The number of anilines is 1. The van der Waals surface area contributed by atoms with Gasteiger partial charge in [-0.2, -0.15) is 0 Å². The number of amides is 1. The Bertz CT molecular complexity index is 602. The summed E-state index contributed by atoms with van der Waals surface area (Å²) in [5.41, 5.74) is 2.05. The summed E-state index contributed by atoms with van der Waals surface area (Å²) in [6.07, 6.45) is 0.811. The number of benzene rings is 2. The zero-order valence-corrected chi connectivity index (χ0v) is 7.78. The molecule has 0 atom stereocenters. The van der Waals surface area contributed by atoms with Gasteiger partial charge in [-0.1, -0.05) is 12.1 Å². The van der Waals surface area contributed by atoms with Gasteiger partial charge in [0.1, 0.15) is 0 Å². The van der Waals surface area contributed by atoms with Crippen LogP contribution in [0, 0.1) is 0 Å². The van der Waals surface area contributed by atoms with Gasteiger partial charge in [-0.05, 0) is 23.6 Å². The van der Waals surface area contributed by atoms with E-state index < -0.39 is 0 Å². The van der Waals surface area contributed by atoms with Gasteiger partial charge in [0.2, 0.25) is 0 Å². The minimum Gasteiger partial charge on any atom is -0.321 e. The summed E-state index contributed by atoms with van der Waals surface area (Å²) in [4.78, 5) is 22.4. The molecule has 0 radical (unpaired) electrons. The summed E-state index contributed by atoms with van der Waals surface area (Å²) < 4.78 is 0. The van der Waals surface area contributed by atoms with E-state index in [9.17, 15) is 9.59 Å². The second-order valence-corrected chi connectivity index (χ2v) is 3.50. The third kappa shape index (κ3) is 0.944. The van der Waals surface area contributed by atoms with Crippen LogP contribution in [0.2, 0.25) is 0 Å². The normalized spacial score (nSPS) is 12.9. The Kier molecular flexibility index (Phi) is 1.45. The van der Waals surface area contributed by atoms with Gasteiger partial charge in [-0.3, -0.25) is 9.59 Å². The van der Waals surface area contributed by atoms with Crippen LogP contribution in [0.3, 0.4) is 0 Å². The fraction of sp³-hybridized carbons (Fsp3) is 0. The van der Waals surface area contributed by atoms with E-state index in [1.807, 2.05) is 6.07 Å². The van der Waals surface area contributed by atoms with E-state index in [0.29, 0.717) is 11.1 Å². The van der Waals surface area contributed by atoms with Crippen LogP contribution in [0.25, 0.3) is 10.8 Å². The van der Waals surface area contributed by atoms with Crippen LogP contribution in [0.5, 0.6) is 0 Å². The molecule has 3 heteroatoms. The molecule has 72 valence electrons. The lowest BCUT2D eigenvalue weighted by Gasteiger charge is -2.01. The second-order valence-electron chi connectivity index (χ2n) is 3.50. The molecule has 2 aromatic rings. The molecule has 3 rings (SSSR count). The van der Waals surface area contributed by atoms with Crippen molar-refractivity contribution >= 4 is 28.7 Å². The first-order chi connectivity index (χ1) is 7.31. The minimum absolute atomic E-state index is 0.0985. The van der Waals surface area contributed by atoms with Gasteiger partial charge in [-0.25, -0.2) is 0 Å². The maximum atomic E-state index is 11.5. The summed E-state index contributed by atoms with van der Waals surface area (Å²) in [6.45, 7) is 0. The van der Waals surface area contributed by atoms with Crippen LogP contribution >= 0.6 is 0 Å². The smallest absolute Gasteiger partial charge is 0.256 e. The van der Waals surface area contributed by atoms with E-state index in [0.717, 1.165) is 22.7 Å². The summed E-state index contributed by atoms with van der Waals surface area (Å²) in [7, 11) is 0. The predicted octanol–water partition coefficient (Wildman–Crippen LogP) is 2.22. The number of aldehydes is 1. The van der Waals surface area contributed by atoms with Crippen molar-refractivity contribution in [1.29, 1.82) is 0 Å². The largest absolute Gasteiger partial charge is 0.321 e. The zero-order valence-electron chi connectivity index (χ0n) is 7.78. The van der Waals surface area contributed by atoms with Crippen LogP contribution in [0.15, 0.2) is 30.3 Å². The molecule has 1 aliphatic heterocycles. The molecule has 0 bridgehead atoms. The molecule has 0 aromatic heterocycles. The van der Waals surface area contributed by atoms with Crippen molar-refractivity contribution in [1.82, 2.24) is 0 Å². The highest BCUT2D eigenvalue weighted by atomic mass is 16.1. The Labute approximate surface area is 85.7 Å². The minimum atomic E-state index is -0.0985. The summed E-state index contributed by atoms with van der Waals surface area (Å²) in [5, 5.41) is 4.45. The first-order valence-electron chi connectivity index (χ1n) is 4.63. The maximum Gasteiger partial charge on any atom is 0.256 e. The Morgan fingerprint density at radius 1 is 1.13 bits per heavy atom. The molecule has 0 spiro atoms. The van der Waals surface area contributed by atoms with Crippen LogP contribution in [0.1, 0.15) is 20.7 Å². The quantitative estimate of drug-likeness (QED) is 0.712. The van der Waals surface area contributed by atoms with E-state index >= 15 is 0 Å². The lowest BCUT2D eigenvalue weighted by molar-refractivity contribution is 0.103. The molecule has 0 fully saturated rings. The van der Waals surface area contributed by atoms with E-state index in [1.165, 1.54) is 0 Å². The summed E-state index contributed by atoms with van der Waals surface area (Å²) >= 11 is 0. The first kappa shape index (κ1) is 8.17. The molecule has 15 heavy (non-hydrogen) atoms. The molecule has 1 aliphatic rings. The lowest BCUT2D eigenvalue weighted by Crippen LogP contribution is -2.03. The predicted molar refractivity (Wildman–Crippen MR) is 57.3 cm³/mol. The molecule has 2 aromatic carbocycles.